The fraction of sp³-hybridized carbons (Fsp3) is 0.500. The molecule has 6 N–H and O–H groups in total. The van der Waals surface area contributed by atoms with E-state index >= 15 is 0 Å². The van der Waals surface area contributed by atoms with Crippen LogP contribution in [-0.2, 0) is 16.0 Å². The van der Waals surface area contributed by atoms with Gasteiger partial charge < -0.3 is 31.7 Å². The van der Waals surface area contributed by atoms with Gasteiger partial charge in [-0.15, -0.1) is 11.8 Å². The molecule has 0 aliphatic carbocycles. The first-order valence-electron chi connectivity index (χ1n) is 14.4. The van der Waals surface area contributed by atoms with Gasteiger partial charge in [-0.05, 0) is 98.7 Å². The van der Waals surface area contributed by atoms with Crippen LogP contribution >= 0.6 is 11.8 Å². The normalized spacial score (nSPS) is 13.8. The van der Waals surface area contributed by atoms with Gasteiger partial charge in [0.25, 0.3) is 11.8 Å². The summed E-state index contributed by atoms with van der Waals surface area (Å²) in [5.74, 6) is -0.994. The van der Waals surface area contributed by atoms with Crippen LogP contribution in [0.4, 0.5) is 5.69 Å². The van der Waals surface area contributed by atoms with E-state index in [4.69, 9.17) is 0 Å². The zero-order valence-electron chi connectivity index (χ0n) is 26.7. The number of thioether (sulfide) groups is 1. The Labute approximate surface area is 259 Å². The zero-order valence-corrected chi connectivity index (χ0v) is 27.5. The summed E-state index contributed by atoms with van der Waals surface area (Å²) in [5, 5.41) is 25.1. The van der Waals surface area contributed by atoms with E-state index in [2.05, 4.69) is 26.6 Å². The highest BCUT2D eigenvalue weighted by molar-refractivity contribution is 7.99. The molecule has 0 radical (unpaired) electrons. The van der Waals surface area contributed by atoms with Gasteiger partial charge in [0.05, 0.1) is 17.7 Å². The van der Waals surface area contributed by atoms with Gasteiger partial charge in [-0.1, -0.05) is 18.2 Å². The number of carbonyl (C=O) groups is 4. The van der Waals surface area contributed by atoms with Crippen LogP contribution in [0.5, 0.6) is 0 Å². The SMILES string of the molecule is CNC(C)C(=O)N[C@@H](C)C(=O)Nc1ccc(SCC(O)Cc2ccccc2C(=O)NC(C)(C)C)c(C(=O)NC(C)(C)C)c1. The summed E-state index contributed by atoms with van der Waals surface area (Å²) in [4.78, 5) is 51.7. The molecular weight excluding hydrogens is 566 g/mol. The van der Waals surface area contributed by atoms with Crippen molar-refractivity contribution in [1.82, 2.24) is 21.3 Å². The topological polar surface area (TPSA) is 149 Å². The molecule has 2 aromatic carbocycles. The standard InChI is InChI=1S/C32H47N5O5S/c1-19(33-9)27(39)34-20(2)28(40)35-22-14-15-26(25(17-22)30(42)37-32(6,7)8)43-18-23(38)16-21-12-10-11-13-24(21)29(41)36-31(3,4)5/h10-15,17,19-20,23,33,38H,16,18H2,1-9H3,(H,34,39)(H,35,40)(H,36,41)(H,37,42)/t19?,20-,23?/m0/s1. The number of hydrogen-bond acceptors (Lipinski definition) is 7. The van der Waals surface area contributed by atoms with Gasteiger partial charge >= 0.3 is 0 Å². The third-order valence-electron chi connectivity index (χ3n) is 6.20. The van der Waals surface area contributed by atoms with Gasteiger partial charge in [-0.25, -0.2) is 0 Å². The van der Waals surface area contributed by atoms with Crippen LogP contribution in [0.2, 0.25) is 0 Å². The summed E-state index contributed by atoms with van der Waals surface area (Å²) in [5.41, 5.74) is 1.08. The molecule has 11 heteroatoms. The Kier molecular flexibility index (Phi) is 12.8. The molecule has 236 valence electrons. The Morgan fingerprint density at radius 2 is 1.40 bits per heavy atom. The minimum atomic E-state index is -0.798. The van der Waals surface area contributed by atoms with Crippen molar-refractivity contribution in [2.24, 2.45) is 0 Å². The van der Waals surface area contributed by atoms with Crippen molar-refractivity contribution in [3.05, 3.63) is 59.2 Å². The molecule has 0 bridgehead atoms. The summed E-state index contributed by atoms with van der Waals surface area (Å²) in [6, 6.07) is 10.9. The second-order valence-corrected chi connectivity index (χ2v) is 13.7. The Morgan fingerprint density at radius 3 is 1.98 bits per heavy atom. The zero-order chi connectivity index (χ0) is 32.5. The lowest BCUT2D eigenvalue weighted by Gasteiger charge is -2.23. The number of benzene rings is 2. The molecule has 2 aromatic rings. The molecule has 0 aromatic heterocycles. The van der Waals surface area contributed by atoms with Crippen LogP contribution in [0, 0.1) is 0 Å². The number of amides is 4. The molecule has 3 atom stereocenters. The number of likely N-dealkylation sites (N-methyl/N-ethyl adjacent to an activating group) is 1. The van der Waals surface area contributed by atoms with Crippen molar-refractivity contribution in [1.29, 1.82) is 0 Å². The smallest absolute Gasteiger partial charge is 0.252 e. The quantitative estimate of drug-likeness (QED) is 0.201. The number of carbonyl (C=O) groups excluding carboxylic acids is 4. The second-order valence-electron chi connectivity index (χ2n) is 12.7. The van der Waals surface area contributed by atoms with Crippen molar-refractivity contribution < 1.29 is 24.3 Å². The summed E-state index contributed by atoms with van der Waals surface area (Å²) in [6.07, 6.45) is -0.537. The fourth-order valence-electron chi connectivity index (χ4n) is 3.93. The fourth-order valence-corrected chi connectivity index (χ4v) is 4.89. The number of anilines is 1. The average molecular weight is 614 g/mol. The van der Waals surface area contributed by atoms with Gasteiger partial charge in [-0.2, -0.15) is 0 Å². The molecular formula is C32H47N5O5S. The lowest BCUT2D eigenvalue weighted by Crippen LogP contribution is -2.48. The maximum atomic E-state index is 13.3. The third kappa shape index (κ3) is 12.0. The van der Waals surface area contributed by atoms with Crippen LogP contribution in [0.3, 0.4) is 0 Å². The molecule has 0 aliphatic heterocycles. The van der Waals surface area contributed by atoms with Gasteiger partial charge in [0.15, 0.2) is 0 Å². The van der Waals surface area contributed by atoms with Crippen LogP contribution < -0.4 is 26.6 Å². The predicted molar refractivity (Wildman–Crippen MR) is 173 cm³/mol. The molecule has 0 aliphatic rings. The largest absolute Gasteiger partial charge is 0.392 e. The summed E-state index contributed by atoms with van der Waals surface area (Å²) in [6.45, 7) is 14.6. The van der Waals surface area contributed by atoms with Crippen molar-refractivity contribution in [2.75, 3.05) is 18.1 Å². The van der Waals surface area contributed by atoms with Crippen LogP contribution in [0.1, 0.15) is 81.7 Å². The van der Waals surface area contributed by atoms with E-state index in [-0.39, 0.29) is 29.9 Å². The van der Waals surface area contributed by atoms with E-state index in [1.54, 1.807) is 51.2 Å². The molecule has 0 saturated heterocycles. The number of rotatable bonds is 12. The molecule has 43 heavy (non-hydrogen) atoms. The van der Waals surface area contributed by atoms with Crippen molar-refractivity contribution >= 4 is 41.1 Å². The average Bonchev–Trinajstić information content (AvgIpc) is 2.89. The van der Waals surface area contributed by atoms with Crippen molar-refractivity contribution in [2.45, 2.75) is 96.0 Å². The van der Waals surface area contributed by atoms with Gasteiger partial charge in [0, 0.05) is 33.0 Å². The lowest BCUT2D eigenvalue weighted by molar-refractivity contribution is -0.127. The predicted octanol–water partition coefficient (Wildman–Crippen LogP) is 3.49. The number of nitrogens with one attached hydrogen (secondary N) is 5. The molecule has 0 heterocycles. The maximum Gasteiger partial charge on any atom is 0.252 e. The highest BCUT2D eigenvalue weighted by atomic mass is 32.2. The molecule has 4 amide bonds. The van der Waals surface area contributed by atoms with E-state index in [9.17, 15) is 24.3 Å². The number of aliphatic hydroxyl groups excluding tert-OH is 1. The minimum absolute atomic E-state index is 0.202. The minimum Gasteiger partial charge on any atom is -0.392 e. The third-order valence-corrected chi connectivity index (χ3v) is 7.41. The molecule has 0 fully saturated rings. The van der Waals surface area contributed by atoms with E-state index in [1.807, 2.05) is 53.7 Å². The molecule has 10 nitrogen and oxygen atoms in total. The highest BCUT2D eigenvalue weighted by Gasteiger charge is 2.23. The first-order chi connectivity index (χ1) is 19.9. The van der Waals surface area contributed by atoms with Crippen LogP contribution in [0.25, 0.3) is 0 Å². The van der Waals surface area contributed by atoms with Crippen LogP contribution in [0.15, 0.2) is 47.4 Å². The Morgan fingerprint density at radius 1 is 0.814 bits per heavy atom. The van der Waals surface area contributed by atoms with Gasteiger partial charge in [-0.3, -0.25) is 19.2 Å². The van der Waals surface area contributed by atoms with Crippen LogP contribution in [-0.4, -0.2) is 70.8 Å². The highest BCUT2D eigenvalue weighted by Crippen LogP contribution is 2.28. The van der Waals surface area contributed by atoms with Gasteiger partial charge in [0.1, 0.15) is 6.04 Å². The molecule has 2 unspecified atom stereocenters. The van der Waals surface area contributed by atoms with Gasteiger partial charge in [0.2, 0.25) is 11.8 Å². The second kappa shape index (κ2) is 15.4. The Hall–Kier alpha value is -3.41. The molecule has 0 saturated carbocycles. The van der Waals surface area contributed by atoms with Crippen molar-refractivity contribution in [3.8, 4) is 0 Å². The first kappa shape index (κ1) is 35.8. The Bertz CT molecular complexity index is 1300. The van der Waals surface area contributed by atoms with Crippen molar-refractivity contribution in [3.63, 3.8) is 0 Å². The number of aliphatic hydroxyl groups is 1. The summed E-state index contributed by atoms with van der Waals surface area (Å²) < 4.78 is 0. The van der Waals surface area contributed by atoms with E-state index in [0.717, 1.165) is 5.56 Å². The van der Waals surface area contributed by atoms with E-state index in [1.165, 1.54) is 11.8 Å². The molecule has 2 rings (SSSR count). The monoisotopic (exact) mass is 613 g/mol. The molecule has 0 spiro atoms. The van der Waals surface area contributed by atoms with E-state index in [0.29, 0.717) is 21.7 Å². The number of hydrogen-bond donors (Lipinski definition) is 6. The Balaban J connectivity index is 2.21. The first-order valence-corrected chi connectivity index (χ1v) is 15.3. The summed E-state index contributed by atoms with van der Waals surface area (Å²) in [7, 11) is 1.66. The maximum absolute atomic E-state index is 13.3. The lowest BCUT2D eigenvalue weighted by atomic mass is 10.00. The van der Waals surface area contributed by atoms with E-state index < -0.39 is 35.2 Å². The summed E-state index contributed by atoms with van der Waals surface area (Å²) >= 11 is 1.31.